The molecule has 2 N–H and O–H groups in total. The van der Waals surface area contributed by atoms with Gasteiger partial charge in [-0.05, 0) is 57.3 Å². The Labute approximate surface area is 132 Å². The van der Waals surface area contributed by atoms with Crippen molar-refractivity contribution in [2.75, 3.05) is 32.1 Å². The highest BCUT2D eigenvalue weighted by Gasteiger charge is 2.26. The maximum Gasteiger partial charge on any atom is 0.139 e. The number of aryl methyl sites for hydroxylation is 2. The second-order valence-electron chi connectivity index (χ2n) is 6.35. The van der Waals surface area contributed by atoms with Crippen LogP contribution in [-0.2, 0) is 12.8 Å². The van der Waals surface area contributed by atoms with E-state index in [0.29, 0.717) is 11.0 Å². The molecule has 2 heterocycles. The van der Waals surface area contributed by atoms with Gasteiger partial charge >= 0.3 is 0 Å². The first-order valence-electron chi connectivity index (χ1n) is 7.80. The number of thiocarbonyl (C=S) groups is 1. The summed E-state index contributed by atoms with van der Waals surface area (Å²) in [5.74, 6) is 0.975. The second-order valence-corrected chi connectivity index (χ2v) is 6.79. The van der Waals surface area contributed by atoms with E-state index in [1.54, 1.807) is 0 Å². The van der Waals surface area contributed by atoms with E-state index >= 15 is 0 Å². The number of fused-ring (bicyclic) bond motifs is 1. The Morgan fingerprint density at radius 1 is 1.43 bits per heavy atom. The van der Waals surface area contributed by atoms with Gasteiger partial charge < -0.3 is 15.5 Å². The fourth-order valence-electron chi connectivity index (χ4n) is 3.54. The van der Waals surface area contributed by atoms with Crippen LogP contribution in [-0.4, -0.2) is 48.1 Å². The molecule has 1 aliphatic heterocycles. The van der Waals surface area contributed by atoms with Gasteiger partial charge in [0.15, 0.2) is 0 Å². The Morgan fingerprint density at radius 2 is 2.24 bits per heavy atom. The van der Waals surface area contributed by atoms with Crippen LogP contribution in [0.4, 0.5) is 5.82 Å². The van der Waals surface area contributed by atoms with Crippen molar-refractivity contribution in [3.8, 4) is 0 Å². The van der Waals surface area contributed by atoms with E-state index in [0.717, 1.165) is 30.8 Å². The summed E-state index contributed by atoms with van der Waals surface area (Å²) in [7, 11) is 4.32. The van der Waals surface area contributed by atoms with Crippen LogP contribution in [0, 0.1) is 0 Å². The first kappa shape index (κ1) is 14.7. The molecule has 4 nitrogen and oxygen atoms in total. The molecule has 1 fully saturated rings. The van der Waals surface area contributed by atoms with Crippen LogP contribution in [0.3, 0.4) is 0 Å². The zero-order valence-electron chi connectivity index (χ0n) is 12.9. The van der Waals surface area contributed by atoms with Gasteiger partial charge in [0.1, 0.15) is 10.8 Å². The number of pyridine rings is 1. The minimum Gasteiger partial charge on any atom is -0.389 e. The smallest absolute Gasteiger partial charge is 0.139 e. The van der Waals surface area contributed by atoms with E-state index in [1.165, 1.54) is 37.1 Å². The molecule has 21 heavy (non-hydrogen) atoms. The molecule has 0 saturated carbocycles. The van der Waals surface area contributed by atoms with Crippen LogP contribution in [0.15, 0.2) is 6.07 Å². The highest BCUT2D eigenvalue weighted by atomic mass is 32.1. The maximum atomic E-state index is 5.96. The van der Waals surface area contributed by atoms with Gasteiger partial charge in [-0.25, -0.2) is 4.98 Å². The molecular formula is C16H24N4S. The molecule has 1 saturated heterocycles. The molecule has 5 heteroatoms. The number of piperidine rings is 1. The average Bonchev–Trinajstić information content (AvgIpc) is 2.92. The highest BCUT2D eigenvalue weighted by molar-refractivity contribution is 7.80. The predicted molar refractivity (Wildman–Crippen MR) is 91.1 cm³/mol. The van der Waals surface area contributed by atoms with Gasteiger partial charge in [-0.2, -0.15) is 0 Å². The molecule has 1 aliphatic carbocycles. The summed E-state index contributed by atoms with van der Waals surface area (Å²) >= 11 is 5.27. The van der Waals surface area contributed by atoms with Crippen LogP contribution in [0.1, 0.15) is 36.1 Å². The monoisotopic (exact) mass is 304 g/mol. The summed E-state index contributed by atoms with van der Waals surface area (Å²) in [5, 5.41) is 0. The van der Waals surface area contributed by atoms with Crippen LogP contribution in [0.2, 0.25) is 0 Å². The third-order valence-electron chi connectivity index (χ3n) is 4.78. The van der Waals surface area contributed by atoms with Crippen molar-refractivity contribution in [3.63, 3.8) is 0 Å². The molecule has 1 atom stereocenters. The Hall–Kier alpha value is -1.20. The fourth-order valence-corrected chi connectivity index (χ4v) is 3.69. The zero-order chi connectivity index (χ0) is 15.0. The summed E-state index contributed by atoms with van der Waals surface area (Å²) in [6.07, 6.45) is 5.82. The number of likely N-dealkylation sites (N-methyl/N-ethyl adjacent to an activating group) is 2. The van der Waals surface area contributed by atoms with Crippen LogP contribution in [0.5, 0.6) is 0 Å². The normalized spacial score (nSPS) is 22.1. The van der Waals surface area contributed by atoms with Gasteiger partial charge in [-0.3, -0.25) is 0 Å². The molecule has 0 aromatic carbocycles. The van der Waals surface area contributed by atoms with Crippen LogP contribution >= 0.6 is 12.2 Å². The molecule has 0 amide bonds. The lowest BCUT2D eigenvalue weighted by molar-refractivity contribution is 0.247. The van der Waals surface area contributed by atoms with Crippen molar-refractivity contribution in [3.05, 3.63) is 22.9 Å². The topological polar surface area (TPSA) is 45.4 Å². The maximum absolute atomic E-state index is 5.96. The van der Waals surface area contributed by atoms with Crippen LogP contribution < -0.4 is 10.6 Å². The van der Waals surface area contributed by atoms with E-state index in [1.807, 2.05) is 0 Å². The molecule has 0 bridgehead atoms. The van der Waals surface area contributed by atoms with Crippen molar-refractivity contribution in [1.29, 1.82) is 0 Å². The second kappa shape index (κ2) is 5.89. The van der Waals surface area contributed by atoms with Gasteiger partial charge in [-0.1, -0.05) is 12.2 Å². The fraction of sp³-hybridized carbons (Fsp3) is 0.625. The van der Waals surface area contributed by atoms with Crippen molar-refractivity contribution in [1.82, 2.24) is 9.88 Å². The largest absolute Gasteiger partial charge is 0.389 e. The van der Waals surface area contributed by atoms with Crippen molar-refractivity contribution < 1.29 is 0 Å². The first-order valence-corrected chi connectivity index (χ1v) is 8.21. The Morgan fingerprint density at radius 3 is 2.95 bits per heavy atom. The van der Waals surface area contributed by atoms with Gasteiger partial charge in [0.25, 0.3) is 0 Å². The average molecular weight is 304 g/mol. The minimum atomic E-state index is 0.461. The van der Waals surface area contributed by atoms with Crippen molar-refractivity contribution in [2.24, 2.45) is 5.73 Å². The molecule has 1 aromatic heterocycles. The minimum absolute atomic E-state index is 0.461. The highest BCUT2D eigenvalue weighted by Crippen LogP contribution is 2.29. The molecule has 0 spiro atoms. The quantitative estimate of drug-likeness (QED) is 0.862. The van der Waals surface area contributed by atoms with E-state index in [4.69, 9.17) is 22.9 Å². The SMILES string of the molecule is CN1CCCC(N(C)c2nc3c(cc2C(N)=S)CCC3)C1. The van der Waals surface area contributed by atoms with E-state index in [2.05, 4.69) is 30.0 Å². The first-order chi connectivity index (χ1) is 10.1. The summed E-state index contributed by atoms with van der Waals surface area (Å²) in [4.78, 5) is 10.1. The summed E-state index contributed by atoms with van der Waals surface area (Å²) < 4.78 is 0. The van der Waals surface area contributed by atoms with E-state index in [-0.39, 0.29) is 0 Å². The van der Waals surface area contributed by atoms with Gasteiger partial charge in [-0.15, -0.1) is 0 Å². The lowest BCUT2D eigenvalue weighted by Gasteiger charge is -2.37. The standard InChI is InChI=1S/C16H24N4S/c1-19-8-4-6-12(10-19)20(2)16-13(15(17)21)9-11-5-3-7-14(11)18-16/h9,12H,3-8,10H2,1-2H3,(H2,17,21). The number of hydrogen-bond acceptors (Lipinski definition) is 4. The zero-order valence-corrected chi connectivity index (χ0v) is 13.7. The van der Waals surface area contributed by atoms with Crippen molar-refractivity contribution in [2.45, 2.75) is 38.1 Å². The molecule has 1 aromatic rings. The van der Waals surface area contributed by atoms with Crippen molar-refractivity contribution >= 4 is 23.0 Å². The lowest BCUT2D eigenvalue weighted by Crippen LogP contribution is -2.46. The number of aromatic nitrogens is 1. The lowest BCUT2D eigenvalue weighted by atomic mass is 10.0. The third-order valence-corrected chi connectivity index (χ3v) is 5.00. The number of likely N-dealkylation sites (tertiary alicyclic amines) is 1. The van der Waals surface area contributed by atoms with E-state index < -0.39 is 0 Å². The number of nitrogens with two attached hydrogens (primary N) is 1. The third kappa shape index (κ3) is 2.90. The Balaban J connectivity index is 1.94. The summed E-state index contributed by atoms with van der Waals surface area (Å²) in [6.45, 7) is 2.26. The molecule has 3 rings (SSSR count). The molecule has 1 unspecified atom stereocenters. The van der Waals surface area contributed by atoms with Gasteiger partial charge in [0.2, 0.25) is 0 Å². The molecular weight excluding hydrogens is 280 g/mol. The van der Waals surface area contributed by atoms with Crippen LogP contribution in [0.25, 0.3) is 0 Å². The number of hydrogen-bond donors (Lipinski definition) is 1. The van der Waals surface area contributed by atoms with E-state index in [9.17, 15) is 0 Å². The Bertz CT molecular complexity index is 557. The Kier molecular flexibility index (Phi) is 4.13. The predicted octanol–water partition coefficient (Wildman–Crippen LogP) is 1.73. The number of anilines is 1. The number of nitrogens with zero attached hydrogens (tertiary/aromatic N) is 3. The van der Waals surface area contributed by atoms with Gasteiger partial charge in [0.05, 0.1) is 5.56 Å². The summed E-state index contributed by atoms with van der Waals surface area (Å²) in [6, 6.07) is 2.67. The molecule has 2 aliphatic rings. The number of rotatable bonds is 3. The molecule has 114 valence electrons. The molecule has 0 radical (unpaired) electrons. The summed E-state index contributed by atoms with van der Waals surface area (Å²) in [5.41, 5.74) is 9.47. The van der Waals surface area contributed by atoms with Gasteiger partial charge in [0, 0.05) is 25.3 Å².